The Bertz CT molecular complexity index is 1480. The standard InChI is InChI=1S/C25H24FN5O5S/c1-34-21-13-18(14-22(35-2)23(21)36-3)29-25-27-15-20(26)24(30-25)28-16-8-7-9-17(12-16)31-37(32,33)19-10-5-4-6-11-19/h4-15,31H,1-3H3,(H2,27,28,29,30). The number of methoxy groups -OCH3 is 3. The van der Waals surface area contributed by atoms with Crippen molar-refractivity contribution in [2.75, 3.05) is 36.7 Å². The molecular formula is C25H24FN5O5S. The van der Waals surface area contributed by atoms with Gasteiger partial charge in [-0.15, -0.1) is 0 Å². The number of halogens is 1. The van der Waals surface area contributed by atoms with Crippen molar-refractivity contribution in [3.63, 3.8) is 0 Å². The van der Waals surface area contributed by atoms with Crippen LogP contribution in [0.25, 0.3) is 0 Å². The predicted octanol–water partition coefficient (Wildman–Crippen LogP) is 4.93. The lowest BCUT2D eigenvalue weighted by molar-refractivity contribution is 0.324. The van der Waals surface area contributed by atoms with Crippen LogP contribution < -0.4 is 29.6 Å². The monoisotopic (exact) mass is 525 g/mol. The Kier molecular flexibility index (Phi) is 7.58. The summed E-state index contributed by atoms with van der Waals surface area (Å²) in [7, 11) is 0.693. The van der Waals surface area contributed by atoms with Crippen LogP contribution in [-0.4, -0.2) is 39.7 Å². The first-order valence-corrected chi connectivity index (χ1v) is 12.4. The van der Waals surface area contributed by atoms with Crippen molar-refractivity contribution >= 4 is 38.9 Å². The van der Waals surface area contributed by atoms with Gasteiger partial charge in [0.1, 0.15) is 0 Å². The number of aromatic nitrogens is 2. The highest BCUT2D eigenvalue weighted by Gasteiger charge is 2.16. The summed E-state index contributed by atoms with van der Waals surface area (Å²) < 4.78 is 58.3. The summed E-state index contributed by atoms with van der Waals surface area (Å²) in [6.07, 6.45) is 1.01. The maximum absolute atomic E-state index is 14.5. The second-order valence-corrected chi connectivity index (χ2v) is 9.24. The van der Waals surface area contributed by atoms with E-state index in [0.29, 0.717) is 34.3 Å². The second kappa shape index (κ2) is 11.0. The molecule has 0 aliphatic rings. The van der Waals surface area contributed by atoms with Crippen molar-refractivity contribution in [2.24, 2.45) is 0 Å². The van der Waals surface area contributed by atoms with E-state index >= 15 is 0 Å². The third-order valence-electron chi connectivity index (χ3n) is 5.10. The second-order valence-electron chi connectivity index (χ2n) is 7.55. The summed E-state index contributed by atoms with van der Waals surface area (Å²) >= 11 is 0. The van der Waals surface area contributed by atoms with Crippen LogP contribution in [0.3, 0.4) is 0 Å². The zero-order valence-corrected chi connectivity index (χ0v) is 21.0. The molecule has 0 amide bonds. The first-order valence-electron chi connectivity index (χ1n) is 10.9. The Morgan fingerprint density at radius 3 is 2.11 bits per heavy atom. The van der Waals surface area contributed by atoms with Gasteiger partial charge in [0.05, 0.1) is 38.1 Å². The molecule has 1 aromatic heterocycles. The number of sulfonamides is 1. The van der Waals surface area contributed by atoms with Crippen molar-refractivity contribution in [1.82, 2.24) is 9.97 Å². The summed E-state index contributed by atoms with van der Waals surface area (Å²) in [5, 5.41) is 5.84. The van der Waals surface area contributed by atoms with E-state index in [9.17, 15) is 12.8 Å². The summed E-state index contributed by atoms with van der Waals surface area (Å²) in [6.45, 7) is 0. The highest BCUT2D eigenvalue weighted by molar-refractivity contribution is 7.92. The number of nitrogens with one attached hydrogen (secondary N) is 3. The number of anilines is 5. The van der Waals surface area contributed by atoms with Gasteiger partial charge < -0.3 is 24.8 Å². The van der Waals surface area contributed by atoms with E-state index < -0.39 is 15.8 Å². The van der Waals surface area contributed by atoms with E-state index in [1.807, 2.05) is 0 Å². The van der Waals surface area contributed by atoms with Gasteiger partial charge in [0.15, 0.2) is 23.1 Å². The molecule has 0 aliphatic heterocycles. The predicted molar refractivity (Wildman–Crippen MR) is 138 cm³/mol. The van der Waals surface area contributed by atoms with Crippen molar-refractivity contribution in [1.29, 1.82) is 0 Å². The van der Waals surface area contributed by atoms with Crippen molar-refractivity contribution < 1.29 is 27.0 Å². The van der Waals surface area contributed by atoms with E-state index in [0.717, 1.165) is 6.20 Å². The maximum Gasteiger partial charge on any atom is 0.261 e. The first-order chi connectivity index (χ1) is 17.8. The quantitative estimate of drug-likeness (QED) is 0.264. The fourth-order valence-corrected chi connectivity index (χ4v) is 4.48. The molecule has 4 rings (SSSR count). The van der Waals surface area contributed by atoms with Gasteiger partial charge in [0, 0.05) is 23.5 Å². The number of hydrogen-bond donors (Lipinski definition) is 3. The minimum absolute atomic E-state index is 0.0964. The molecular weight excluding hydrogens is 501 g/mol. The summed E-state index contributed by atoms with van der Waals surface area (Å²) in [4.78, 5) is 8.32. The molecule has 4 aromatic rings. The third-order valence-corrected chi connectivity index (χ3v) is 6.49. The molecule has 3 aromatic carbocycles. The molecule has 0 unspecified atom stereocenters. The van der Waals surface area contributed by atoms with Crippen LogP contribution in [0.15, 0.2) is 77.8 Å². The number of ether oxygens (including phenoxy) is 3. The third kappa shape index (κ3) is 5.98. The normalized spacial score (nSPS) is 10.9. The van der Waals surface area contributed by atoms with E-state index in [1.165, 1.54) is 39.5 Å². The minimum atomic E-state index is -3.79. The smallest absolute Gasteiger partial charge is 0.261 e. The fourth-order valence-electron chi connectivity index (χ4n) is 3.41. The summed E-state index contributed by atoms with van der Waals surface area (Å²) in [5.74, 6) is 0.526. The Labute approximate surface area is 213 Å². The molecule has 0 saturated heterocycles. The number of nitrogens with zero attached hydrogens (tertiary/aromatic N) is 2. The number of benzene rings is 3. The van der Waals surface area contributed by atoms with Crippen molar-refractivity contribution in [3.8, 4) is 17.2 Å². The van der Waals surface area contributed by atoms with Gasteiger partial charge in [-0.25, -0.2) is 17.8 Å². The summed E-state index contributed by atoms with van der Waals surface area (Å²) in [5.41, 5.74) is 1.22. The highest BCUT2D eigenvalue weighted by atomic mass is 32.2. The molecule has 37 heavy (non-hydrogen) atoms. The molecule has 3 N–H and O–H groups in total. The van der Waals surface area contributed by atoms with E-state index in [4.69, 9.17) is 14.2 Å². The van der Waals surface area contributed by atoms with Gasteiger partial charge in [-0.05, 0) is 30.3 Å². The van der Waals surface area contributed by atoms with Crippen LogP contribution >= 0.6 is 0 Å². The lowest BCUT2D eigenvalue weighted by atomic mass is 10.2. The Balaban J connectivity index is 1.55. The van der Waals surface area contributed by atoms with Gasteiger partial charge in [0.2, 0.25) is 11.7 Å². The molecule has 0 bridgehead atoms. The van der Waals surface area contributed by atoms with Crippen LogP contribution in [0, 0.1) is 5.82 Å². The molecule has 10 nitrogen and oxygen atoms in total. The Hall–Kier alpha value is -4.58. The SMILES string of the molecule is COc1cc(Nc2ncc(F)c(Nc3cccc(NS(=O)(=O)c4ccccc4)c3)n2)cc(OC)c1OC. The maximum atomic E-state index is 14.5. The Morgan fingerprint density at radius 2 is 1.46 bits per heavy atom. The highest BCUT2D eigenvalue weighted by Crippen LogP contribution is 2.40. The molecule has 0 spiro atoms. The molecule has 0 fully saturated rings. The van der Waals surface area contributed by atoms with E-state index in [-0.39, 0.29) is 16.7 Å². The Morgan fingerprint density at radius 1 is 0.784 bits per heavy atom. The van der Waals surface area contributed by atoms with Gasteiger partial charge in [-0.2, -0.15) is 4.98 Å². The van der Waals surface area contributed by atoms with Crippen LogP contribution in [0.4, 0.5) is 33.2 Å². The van der Waals surface area contributed by atoms with E-state index in [2.05, 4.69) is 25.3 Å². The van der Waals surface area contributed by atoms with Crippen LogP contribution in [-0.2, 0) is 10.0 Å². The largest absolute Gasteiger partial charge is 0.493 e. The van der Waals surface area contributed by atoms with Gasteiger partial charge in [-0.1, -0.05) is 24.3 Å². The van der Waals surface area contributed by atoms with Gasteiger partial charge in [-0.3, -0.25) is 4.72 Å². The fraction of sp³-hybridized carbons (Fsp3) is 0.120. The zero-order chi connectivity index (χ0) is 26.4. The molecule has 1 heterocycles. The zero-order valence-electron chi connectivity index (χ0n) is 20.2. The van der Waals surface area contributed by atoms with Crippen molar-refractivity contribution in [3.05, 3.63) is 78.7 Å². The minimum Gasteiger partial charge on any atom is -0.493 e. The van der Waals surface area contributed by atoms with Crippen LogP contribution in [0.2, 0.25) is 0 Å². The lowest BCUT2D eigenvalue weighted by Crippen LogP contribution is -2.12. The average Bonchev–Trinajstić information content (AvgIpc) is 2.90. The van der Waals surface area contributed by atoms with Crippen molar-refractivity contribution in [2.45, 2.75) is 4.90 Å². The lowest BCUT2D eigenvalue weighted by Gasteiger charge is -2.15. The number of rotatable bonds is 10. The molecule has 12 heteroatoms. The molecule has 192 valence electrons. The molecule has 0 atom stereocenters. The first kappa shape index (κ1) is 25.5. The van der Waals surface area contributed by atoms with E-state index in [1.54, 1.807) is 48.5 Å². The number of hydrogen-bond acceptors (Lipinski definition) is 9. The van der Waals surface area contributed by atoms with Crippen LogP contribution in [0.5, 0.6) is 17.2 Å². The average molecular weight is 526 g/mol. The van der Waals surface area contributed by atoms with Gasteiger partial charge >= 0.3 is 0 Å². The summed E-state index contributed by atoms with van der Waals surface area (Å²) in [6, 6.07) is 17.7. The molecule has 0 saturated carbocycles. The molecule has 0 radical (unpaired) electrons. The van der Waals surface area contributed by atoms with Crippen LogP contribution in [0.1, 0.15) is 0 Å². The van der Waals surface area contributed by atoms with Gasteiger partial charge in [0.25, 0.3) is 10.0 Å². The molecule has 0 aliphatic carbocycles. The topological polar surface area (TPSA) is 124 Å².